The largest absolute Gasteiger partial charge is 0.397 e. The molecule has 0 aliphatic heterocycles. The molecule has 0 saturated heterocycles. The van der Waals surface area contributed by atoms with E-state index in [4.69, 9.17) is 17.3 Å². The molecular weight excluding hydrogens is 325 g/mol. The molecular formula is C12H8BrClF2N2. The summed E-state index contributed by atoms with van der Waals surface area (Å²) in [6.07, 6.45) is 0. The third-order valence-corrected chi connectivity index (χ3v) is 3.19. The van der Waals surface area contributed by atoms with Gasteiger partial charge in [-0.25, -0.2) is 8.78 Å². The molecule has 0 atom stereocenters. The topological polar surface area (TPSA) is 38.0 Å². The van der Waals surface area contributed by atoms with Gasteiger partial charge in [-0.2, -0.15) is 0 Å². The van der Waals surface area contributed by atoms with Crippen molar-refractivity contribution in [3.8, 4) is 0 Å². The van der Waals surface area contributed by atoms with Gasteiger partial charge in [-0.3, -0.25) is 0 Å². The molecule has 2 aromatic carbocycles. The summed E-state index contributed by atoms with van der Waals surface area (Å²) in [5.74, 6) is -0.953. The molecule has 18 heavy (non-hydrogen) atoms. The van der Waals surface area contributed by atoms with E-state index in [-0.39, 0.29) is 16.5 Å². The van der Waals surface area contributed by atoms with E-state index in [0.717, 1.165) is 6.07 Å². The molecule has 94 valence electrons. The zero-order valence-corrected chi connectivity index (χ0v) is 11.3. The third kappa shape index (κ3) is 2.73. The van der Waals surface area contributed by atoms with Crippen molar-refractivity contribution < 1.29 is 8.78 Å². The Kier molecular flexibility index (Phi) is 3.73. The van der Waals surface area contributed by atoms with E-state index < -0.39 is 5.82 Å². The van der Waals surface area contributed by atoms with Crippen LogP contribution in [-0.4, -0.2) is 0 Å². The van der Waals surface area contributed by atoms with Gasteiger partial charge in [0.1, 0.15) is 11.6 Å². The van der Waals surface area contributed by atoms with E-state index in [9.17, 15) is 8.78 Å². The van der Waals surface area contributed by atoms with E-state index in [0.29, 0.717) is 15.8 Å². The lowest BCUT2D eigenvalue weighted by molar-refractivity contribution is 0.621. The number of nitrogen functional groups attached to an aromatic ring is 1. The van der Waals surface area contributed by atoms with Gasteiger partial charge in [-0.05, 0) is 40.2 Å². The molecule has 0 aromatic heterocycles. The summed E-state index contributed by atoms with van der Waals surface area (Å²) in [6, 6.07) is 6.89. The van der Waals surface area contributed by atoms with Crippen LogP contribution in [-0.2, 0) is 0 Å². The molecule has 0 radical (unpaired) electrons. The molecule has 0 amide bonds. The average molecular weight is 334 g/mol. The number of hydrogen-bond acceptors (Lipinski definition) is 2. The Morgan fingerprint density at radius 3 is 2.50 bits per heavy atom. The molecule has 0 unspecified atom stereocenters. The lowest BCUT2D eigenvalue weighted by Gasteiger charge is -2.10. The summed E-state index contributed by atoms with van der Waals surface area (Å²) < 4.78 is 26.5. The number of halogens is 4. The van der Waals surface area contributed by atoms with Gasteiger partial charge in [0.25, 0.3) is 0 Å². The van der Waals surface area contributed by atoms with E-state index in [2.05, 4.69) is 21.2 Å². The van der Waals surface area contributed by atoms with Crippen molar-refractivity contribution in [1.29, 1.82) is 0 Å². The van der Waals surface area contributed by atoms with Crippen LogP contribution in [0.3, 0.4) is 0 Å². The Bertz CT molecular complexity index is 605. The Labute approximate surface area is 116 Å². The van der Waals surface area contributed by atoms with E-state index in [1.54, 1.807) is 6.07 Å². The SMILES string of the molecule is Nc1cc(F)c(Cl)cc1Nc1ccc(F)c(Br)c1. The van der Waals surface area contributed by atoms with Gasteiger partial charge in [0, 0.05) is 11.8 Å². The molecule has 0 spiro atoms. The van der Waals surface area contributed by atoms with E-state index >= 15 is 0 Å². The first-order valence-electron chi connectivity index (χ1n) is 4.94. The van der Waals surface area contributed by atoms with Gasteiger partial charge >= 0.3 is 0 Å². The minimum Gasteiger partial charge on any atom is -0.397 e. The van der Waals surface area contributed by atoms with Gasteiger partial charge in [-0.15, -0.1) is 0 Å². The minimum absolute atomic E-state index is 0.0344. The maximum atomic E-state index is 13.1. The summed E-state index contributed by atoms with van der Waals surface area (Å²) in [5, 5.41) is 2.90. The van der Waals surface area contributed by atoms with Crippen LogP contribution >= 0.6 is 27.5 Å². The Morgan fingerprint density at radius 1 is 1.11 bits per heavy atom. The van der Waals surface area contributed by atoms with Crippen LogP contribution in [0.5, 0.6) is 0 Å². The molecule has 3 N–H and O–H groups in total. The van der Waals surface area contributed by atoms with Gasteiger partial charge in [-0.1, -0.05) is 11.6 Å². The van der Waals surface area contributed by atoms with Gasteiger partial charge in [0.15, 0.2) is 0 Å². The second kappa shape index (κ2) is 5.12. The summed E-state index contributed by atoms with van der Waals surface area (Å²) in [7, 11) is 0. The van der Waals surface area contributed by atoms with Crippen LogP contribution in [0, 0.1) is 11.6 Å². The first-order valence-corrected chi connectivity index (χ1v) is 6.11. The van der Waals surface area contributed by atoms with Crippen LogP contribution in [0.25, 0.3) is 0 Å². The maximum absolute atomic E-state index is 13.1. The smallest absolute Gasteiger partial charge is 0.143 e. The monoisotopic (exact) mass is 332 g/mol. The van der Waals surface area contributed by atoms with Crippen molar-refractivity contribution in [3.05, 3.63) is 51.5 Å². The highest BCUT2D eigenvalue weighted by atomic mass is 79.9. The lowest BCUT2D eigenvalue weighted by Crippen LogP contribution is -1.98. The van der Waals surface area contributed by atoms with E-state index in [1.807, 2.05) is 0 Å². The summed E-state index contributed by atoms with van der Waals surface area (Å²) in [4.78, 5) is 0. The van der Waals surface area contributed by atoms with Gasteiger partial charge < -0.3 is 11.1 Å². The predicted molar refractivity (Wildman–Crippen MR) is 73.2 cm³/mol. The highest BCUT2D eigenvalue weighted by Gasteiger charge is 2.07. The third-order valence-electron chi connectivity index (χ3n) is 2.29. The number of nitrogens with one attached hydrogen (secondary N) is 1. The van der Waals surface area contributed by atoms with Crippen molar-refractivity contribution in [2.75, 3.05) is 11.1 Å². The fourth-order valence-electron chi connectivity index (χ4n) is 1.40. The van der Waals surface area contributed by atoms with Crippen LogP contribution in [0.2, 0.25) is 5.02 Å². The minimum atomic E-state index is -0.583. The molecule has 0 aliphatic rings. The van der Waals surface area contributed by atoms with Gasteiger partial charge in [0.05, 0.1) is 20.9 Å². The first-order chi connectivity index (χ1) is 8.47. The quantitative estimate of drug-likeness (QED) is 0.781. The predicted octanol–water partition coefficient (Wildman–Crippen LogP) is 4.71. The fourth-order valence-corrected chi connectivity index (χ4v) is 1.94. The number of nitrogens with two attached hydrogens (primary N) is 1. The highest BCUT2D eigenvalue weighted by molar-refractivity contribution is 9.10. The summed E-state index contributed by atoms with van der Waals surface area (Å²) in [6.45, 7) is 0. The van der Waals surface area contributed by atoms with Crippen molar-refractivity contribution in [1.82, 2.24) is 0 Å². The number of benzene rings is 2. The second-order valence-corrected chi connectivity index (χ2v) is 4.87. The second-order valence-electron chi connectivity index (χ2n) is 3.61. The molecule has 0 bridgehead atoms. The zero-order valence-electron chi connectivity index (χ0n) is 8.98. The van der Waals surface area contributed by atoms with Gasteiger partial charge in [0.2, 0.25) is 0 Å². The van der Waals surface area contributed by atoms with Crippen molar-refractivity contribution in [2.45, 2.75) is 0 Å². The van der Waals surface area contributed by atoms with Crippen LogP contribution in [0.4, 0.5) is 25.8 Å². The highest BCUT2D eigenvalue weighted by Crippen LogP contribution is 2.30. The number of hydrogen-bond donors (Lipinski definition) is 2. The Hall–Kier alpha value is -1.33. The number of anilines is 3. The van der Waals surface area contributed by atoms with Crippen molar-refractivity contribution >= 4 is 44.6 Å². The molecule has 2 aromatic rings. The number of rotatable bonds is 2. The molecule has 0 heterocycles. The van der Waals surface area contributed by atoms with Crippen LogP contribution < -0.4 is 11.1 Å². The maximum Gasteiger partial charge on any atom is 0.143 e. The Morgan fingerprint density at radius 2 is 1.83 bits per heavy atom. The van der Waals surface area contributed by atoms with Crippen molar-refractivity contribution in [2.24, 2.45) is 0 Å². The first kappa shape index (κ1) is 13.1. The standard InChI is InChI=1S/C12H8BrClF2N2/c13-7-3-6(1-2-9(7)15)18-12-4-8(14)10(16)5-11(12)17/h1-5,18H,17H2. The van der Waals surface area contributed by atoms with Crippen LogP contribution in [0.1, 0.15) is 0 Å². The molecule has 2 rings (SSSR count). The normalized spacial score (nSPS) is 10.4. The zero-order chi connectivity index (χ0) is 13.3. The van der Waals surface area contributed by atoms with E-state index in [1.165, 1.54) is 18.2 Å². The average Bonchev–Trinajstić information content (AvgIpc) is 2.31. The molecule has 0 aliphatic carbocycles. The molecule has 0 saturated carbocycles. The van der Waals surface area contributed by atoms with Crippen LogP contribution in [0.15, 0.2) is 34.8 Å². The fraction of sp³-hybridized carbons (Fsp3) is 0. The summed E-state index contributed by atoms with van der Waals surface area (Å²) in [5.41, 5.74) is 6.95. The molecule has 2 nitrogen and oxygen atoms in total. The lowest BCUT2D eigenvalue weighted by atomic mass is 10.2. The summed E-state index contributed by atoms with van der Waals surface area (Å²) >= 11 is 8.74. The Balaban J connectivity index is 2.34. The van der Waals surface area contributed by atoms with Crippen molar-refractivity contribution in [3.63, 3.8) is 0 Å². The molecule has 0 fully saturated rings. The molecule has 6 heteroatoms.